The standard InChI is InChI=1S/C23H25N3O2/c1-15-6-9-21(12-16(15)2)26-17(3)13-20(18(26)4)14-24-25-23(27)19-7-10-22(28-5)11-8-19/h6-14H,1-5H3,(H,25,27)/b24-14-. The summed E-state index contributed by atoms with van der Waals surface area (Å²) in [7, 11) is 1.59. The third-order valence-electron chi connectivity index (χ3n) is 4.94. The van der Waals surface area contributed by atoms with Crippen LogP contribution in [0.2, 0.25) is 0 Å². The van der Waals surface area contributed by atoms with Gasteiger partial charge in [0.1, 0.15) is 5.75 Å². The Morgan fingerprint density at radius 2 is 1.71 bits per heavy atom. The molecule has 0 aliphatic heterocycles. The van der Waals surface area contributed by atoms with E-state index in [0.29, 0.717) is 11.3 Å². The molecule has 0 atom stereocenters. The Hall–Kier alpha value is -3.34. The third-order valence-corrected chi connectivity index (χ3v) is 4.94. The van der Waals surface area contributed by atoms with Gasteiger partial charge in [0.2, 0.25) is 0 Å². The zero-order chi connectivity index (χ0) is 20.3. The lowest BCUT2D eigenvalue weighted by Crippen LogP contribution is -2.17. The number of ether oxygens (including phenoxy) is 1. The third kappa shape index (κ3) is 3.98. The number of aryl methyl sites for hydroxylation is 3. The average Bonchev–Trinajstić information content (AvgIpc) is 2.97. The van der Waals surface area contributed by atoms with E-state index in [2.05, 4.69) is 67.1 Å². The van der Waals surface area contributed by atoms with Crippen molar-refractivity contribution in [1.82, 2.24) is 9.99 Å². The van der Waals surface area contributed by atoms with Crippen LogP contribution < -0.4 is 10.2 Å². The molecule has 5 nitrogen and oxygen atoms in total. The fourth-order valence-corrected chi connectivity index (χ4v) is 3.15. The van der Waals surface area contributed by atoms with Crippen LogP contribution in [0.3, 0.4) is 0 Å². The van der Waals surface area contributed by atoms with Crippen molar-refractivity contribution in [2.45, 2.75) is 27.7 Å². The van der Waals surface area contributed by atoms with Crippen molar-refractivity contribution >= 4 is 12.1 Å². The fraction of sp³-hybridized carbons (Fsp3) is 0.217. The van der Waals surface area contributed by atoms with Crippen LogP contribution in [0.5, 0.6) is 5.75 Å². The zero-order valence-electron chi connectivity index (χ0n) is 16.9. The summed E-state index contributed by atoms with van der Waals surface area (Å²) in [5.41, 5.74) is 9.91. The van der Waals surface area contributed by atoms with Crippen LogP contribution in [0, 0.1) is 27.7 Å². The molecule has 1 aromatic heterocycles. The minimum Gasteiger partial charge on any atom is -0.497 e. The van der Waals surface area contributed by atoms with E-state index in [1.54, 1.807) is 37.6 Å². The van der Waals surface area contributed by atoms with Crippen molar-refractivity contribution < 1.29 is 9.53 Å². The van der Waals surface area contributed by atoms with Crippen molar-refractivity contribution in [3.05, 3.63) is 82.2 Å². The topological polar surface area (TPSA) is 55.6 Å². The maximum atomic E-state index is 12.2. The zero-order valence-corrected chi connectivity index (χ0v) is 16.9. The van der Waals surface area contributed by atoms with Gasteiger partial charge >= 0.3 is 0 Å². The van der Waals surface area contributed by atoms with Gasteiger partial charge in [-0.3, -0.25) is 4.79 Å². The van der Waals surface area contributed by atoms with Gasteiger partial charge in [-0.15, -0.1) is 0 Å². The smallest absolute Gasteiger partial charge is 0.271 e. The SMILES string of the molecule is COc1ccc(C(=O)N/N=C\c2cc(C)n(-c3ccc(C)c(C)c3)c2C)cc1. The van der Waals surface area contributed by atoms with E-state index < -0.39 is 0 Å². The van der Waals surface area contributed by atoms with E-state index in [1.807, 2.05) is 0 Å². The number of aromatic nitrogens is 1. The second-order valence-electron chi connectivity index (χ2n) is 6.86. The molecule has 0 unspecified atom stereocenters. The van der Waals surface area contributed by atoms with Crippen LogP contribution in [0.25, 0.3) is 5.69 Å². The summed E-state index contributed by atoms with van der Waals surface area (Å²) in [5, 5.41) is 4.13. The molecule has 28 heavy (non-hydrogen) atoms. The Kier molecular flexibility index (Phi) is 5.64. The van der Waals surface area contributed by atoms with E-state index in [4.69, 9.17) is 4.74 Å². The molecule has 3 aromatic rings. The van der Waals surface area contributed by atoms with Crippen LogP contribution in [0.4, 0.5) is 0 Å². The molecule has 0 bridgehead atoms. The number of nitrogens with one attached hydrogen (secondary N) is 1. The number of benzene rings is 2. The van der Waals surface area contributed by atoms with Crippen molar-refractivity contribution in [2.75, 3.05) is 7.11 Å². The molecule has 3 rings (SSSR count). The highest BCUT2D eigenvalue weighted by atomic mass is 16.5. The Morgan fingerprint density at radius 1 is 1.00 bits per heavy atom. The van der Waals surface area contributed by atoms with Crippen LogP contribution in [0.15, 0.2) is 53.6 Å². The van der Waals surface area contributed by atoms with E-state index in [9.17, 15) is 4.79 Å². The first-order valence-electron chi connectivity index (χ1n) is 9.14. The van der Waals surface area contributed by atoms with Crippen LogP contribution in [-0.4, -0.2) is 23.8 Å². The lowest BCUT2D eigenvalue weighted by atomic mass is 10.1. The molecule has 1 amide bonds. The Morgan fingerprint density at radius 3 is 2.36 bits per heavy atom. The van der Waals surface area contributed by atoms with E-state index >= 15 is 0 Å². The van der Waals surface area contributed by atoms with Gasteiger partial charge in [-0.2, -0.15) is 5.10 Å². The fourth-order valence-electron chi connectivity index (χ4n) is 3.15. The van der Waals surface area contributed by atoms with Gasteiger partial charge in [-0.05, 0) is 81.3 Å². The molecule has 0 spiro atoms. The first-order chi connectivity index (χ1) is 13.4. The normalized spacial score (nSPS) is 11.0. The molecule has 0 fully saturated rings. The molecule has 0 aliphatic rings. The number of hydrazone groups is 1. The monoisotopic (exact) mass is 375 g/mol. The van der Waals surface area contributed by atoms with E-state index in [0.717, 1.165) is 22.6 Å². The van der Waals surface area contributed by atoms with Gasteiger partial charge in [-0.25, -0.2) is 5.43 Å². The van der Waals surface area contributed by atoms with Crippen molar-refractivity contribution in [1.29, 1.82) is 0 Å². The summed E-state index contributed by atoms with van der Waals surface area (Å²) < 4.78 is 7.29. The van der Waals surface area contributed by atoms with Crippen molar-refractivity contribution in [3.8, 4) is 11.4 Å². The van der Waals surface area contributed by atoms with E-state index in [-0.39, 0.29) is 5.91 Å². The summed E-state index contributed by atoms with van der Waals surface area (Å²) in [6, 6.07) is 15.4. The van der Waals surface area contributed by atoms with Gasteiger partial charge in [0.05, 0.1) is 13.3 Å². The molecule has 0 aliphatic carbocycles. The first-order valence-corrected chi connectivity index (χ1v) is 9.14. The van der Waals surface area contributed by atoms with Gasteiger partial charge in [0.15, 0.2) is 0 Å². The number of amides is 1. The Balaban J connectivity index is 1.77. The lowest BCUT2D eigenvalue weighted by Gasteiger charge is -2.11. The quantitative estimate of drug-likeness (QED) is 0.528. The van der Waals surface area contributed by atoms with Gasteiger partial charge in [0.25, 0.3) is 5.91 Å². The summed E-state index contributed by atoms with van der Waals surface area (Å²) >= 11 is 0. The minimum atomic E-state index is -0.262. The largest absolute Gasteiger partial charge is 0.497 e. The molecular weight excluding hydrogens is 350 g/mol. The number of nitrogens with zero attached hydrogens (tertiary/aromatic N) is 2. The van der Waals surface area contributed by atoms with Crippen LogP contribution in [-0.2, 0) is 0 Å². The molecule has 2 aromatic carbocycles. The molecule has 0 radical (unpaired) electrons. The summed E-state index contributed by atoms with van der Waals surface area (Å²) in [4.78, 5) is 12.2. The maximum Gasteiger partial charge on any atom is 0.271 e. The summed E-state index contributed by atoms with van der Waals surface area (Å²) in [6.07, 6.45) is 1.68. The van der Waals surface area contributed by atoms with Gasteiger partial charge < -0.3 is 9.30 Å². The second kappa shape index (κ2) is 8.13. The second-order valence-corrected chi connectivity index (χ2v) is 6.86. The maximum absolute atomic E-state index is 12.2. The molecule has 144 valence electrons. The number of rotatable bonds is 5. The molecular formula is C23H25N3O2. The van der Waals surface area contributed by atoms with Crippen LogP contribution >= 0.6 is 0 Å². The number of hydrogen-bond acceptors (Lipinski definition) is 3. The molecule has 0 saturated carbocycles. The Labute approximate surface area is 165 Å². The number of hydrogen-bond donors (Lipinski definition) is 1. The summed E-state index contributed by atoms with van der Waals surface area (Å²) in [5.74, 6) is 0.445. The highest BCUT2D eigenvalue weighted by Gasteiger charge is 2.10. The van der Waals surface area contributed by atoms with E-state index in [1.165, 1.54) is 11.1 Å². The molecule has 5 heteroatoms. The predicted molar refractivity (Wildman–Crippen MR) is 113 cm³/mol. The highest BCUT2D eigenvalue weighted by molar-refractivity contribution is 5.95. The van der Waals surface area contributed by atoms with Crippen molar-refractivity contribution in [3.63, 3.8) is 0 Å². The molecule has 1 heterocycles. The lowest BCUT2D eigenvalue weighted by molar-refractivity contribution is 0.0955. The predicted octanol–water partition coefficient (Wildman–Crippen LogP) is 4.48. The Bertz CT molecular complexity index is 1030. The molecule has 1 N–H and O–H groups in total. The van der Waals surface area contributed by atoms with Crippen molar-refractivity contribution in [2.24, 2.45) is 5.10 Å². The number of carbonyl (C=O) groups is 1. The summed E-state index contributed by atoms with van der Waals surface area (Å²) in [6.45, 7) is 8.34. The number of carbonyl (C=O) groups excluding carboxylic acids is 1. The van der Waals surface area contributed by atoms with Crippen LogP contribution in [0.1, 0.15) is 38.4 Å². The molecule has 0 saturated heterocycles. The number of methoxy groups -OCH3 is 1. The van der Waals surface area contributed by atoms with Gasteiger partial charge in [0, 0.05) is 28.2 Å². The highest BCUT2D eigenvalue weighted by Crippen LogP contribution is 2.21. The van der Waals surface area contributed by atoms with Gasteiger partial charge in [-0.1, -0.05) is 6.07 Å². The average molecular weight is 375 g/mol. The first kappa shape index (κ1) is 19.4. The minimum absolute atomic E-state index is 0.262.